The normalized spacial score (nSPS) is 13.9. The summed E-state index contributed by atoms with van der Waals surface area (Å²) in [5.74, 6) is 0. The van der Waals surface area contributed by atoms with E-state index in [1.807, 2.05) is 0 Å². The van der Waals surface area contributed by atoms with Gasteiger partial charge in [0.1, 0.15) is 0 Å². The van der Waals surface area contributed by atoms with Gasteiger partial charge in [-0.3, -0.25) is 0 Å². The highest BCUT2D eigenvalue weighted by Gasteiger charge is 2.50. The lowest BCUT2D eigenvalue weighted by atomic mass is 10.6. The molecule has 92 valence electrons. The number of alkyl halides is 5. The van der Waals surface area contributed by atoms with Crippen molar-refractivity contribution in [3.05, 3.63) is 0 Å². The highest BCUT2D eigenvalue weighted by molar-refractivity contribution is 7.90. The minimum atomic E-state index is -5.80. The third kappa shape index (κ3) is 3.87. The predicted octanol–water partition coefficient (Wildman–Crippen LogP) is 0.395. The van der Waals surface area contributed by atoms with E-state index in [0.29, 0.717) is 0 Å². The monoisotopic (exact) mass is 257 g/mol. The first kappa shape index (κ1) is 14.5. The molecule has 0 aromatic carbocycles. The van der Waals surface area contributed by atoms with Crippen LogP contribution in [0.4, 0.5) is 22.0 Å². The SMILES string of the molecule is O=S(=O)(N(CCO)CC(F)F)C(F)(F)F. The number of halogens is 5. The van der Waals surface area contributed by atoms with Gasteiger partial charge in [-0.2, -0.15) is 17.5 Å². The molecule has 0 rings (SSSR count). The third-order valence-electron chi connectivity index (χ3n) is 1.32. The number of nitrogens with zero attached hydrogens (tertiary/aromatic N) is 1. The van der Waals surface area contributed by atoms with Crippen LogP contribution in [0.5, 0.6) is 0 Å². The summed E-state index contributed by atoms with van der Waals surface area (Å²) in [5.41, 5.74) is -5.64. The van der Waals surface area contributed by atoms with E-state index < -0.39 is 46.0 Å². The number of aliphatic hydroxyl groups excluding tert-OH is 1. The highest BCUT2D eigenvalue weighted by atomic mass is 32.2. The van der Waals surface area contributed by atoms with Crippen molar-refractivity contribution in [1.29, 1.82) is 0 Å². The maximum atomic E-state index is 11.9. The summed E-state index contributed by atoms with van der Waals surface area (Å²) >= 11 is 0. The topological polar surface area (TPSA) is 57.6 Å². The Morgan fingerprint density at radius 3 is 2.00 bits per heavy atom. The minimum Gasteiger partial charge on any atom is -0.395 e. The molecule has 0 aliphatic rings. The summed E-state index contributed by atoms with van der Waals surface area (Å²) in [6, 6.07) is 0. The molecule has 0 amide bonds. The molecule has 0 aromatic heterocycles. The molecule has 0 spiro atoms. The van der Waals surface area contributed by atoms with Gasteiger partial charge in [0, 0.05) is 6.54 Å². The van der Waals surface area contributed by atoms with Crippen LogP contribution in [0.25, 0.3) is 0 Å². The van der Waals surface area contributed by atoms with E-state index in [1.165, 1.54) is 0 Å². The zero-order valence-electron chi connectivity index (χ0n) is 7.21. The molecule has 0 atom stereocenters. The maximum absolute atomic E-state index is 11.9. The molecule has 15 heavy (non-hydrogen) atoms. The second-order valence-electron chi connectivity index (χ2n) is 2.42. The lowest BCUT2D eigenvalue weighted by Crippen LogP contribution is -2.44. The second-order valence-corrected chi connectivity index (χ2v) is 4.35. The number of hydrogen-bond acceptors (Lipinski definition) is 3. The summed E-state index contributed by atoms with van der Waals surface area (Å²) in [6.45, 7) is -3.59. The Morgan fingerprint density at radius 2 is 1.73 bits per heavy atom. The Kier molecular flexibility index (Phi) is 4.87. The molecule has 10 heteroatoms. The van der Waals surface area contributed by atoms with E-state index >= 15 is 0 Å². The molecule has 0 aliphatic carbocycles. The summed E-state index contributed by atoms with van der Waals surface area (Å²) in [5, 5.41) is 8.26. The summed E-state index contributed by atoms with van der Waals surface area (Å²) in [6.07, 6.45) is -3.24. The van der Waals surface area contributed by atoms with Crippen LogP contribution in [0.2, 0.25) is 0 Å². The van der Waals surface area contributed by atoms with Crippen molar-refractivity contribution >= 4 is 10.0 Å². The van der Waals surface area contributed by atoms with Crippen LogP contribution in [0, 0.1) is 0 Å². The molecule has 0 radical (unpaired) electrons. The van der Waals surface area contributed by atoms with E-state index in [0.717, 1.165) is 0 Å². The van der Waals surface area contributed by atoms with E-state index in [9.17, 15) is 30.4 Å². The van der Waals surface area contributed by atoms with Crippen molar-refractivity contribution in [1.82, 2.24) is 4.31 Å². The Balaban J connectivity index is 4.92. The molecule has 0 aliphatic heterocycles. The van der Waals surface area contributed by atoms with Gasteiger partial charge in [0.25, 0.3) is 6.43 Å². The Morgan fingerprint density at radius 1 is 1.27 bits per heavy atom. The van der Waals surface area contributed by atoms with Gasteiger partial charge in [-0.15, -0.1) is 0 Å². The standard InChI is InChI=1S/C5H8F5NO3S/c6-4(7)3-11(1-2-12)15(13,14)5(8,9)10/h4,12H,1-3H2. The average molecular weight is 257 g/mol. The van der Waals surface area contributed by atoms with Crippen molar-refractivity contribution < 1.29 is 35.5 Å². The summed E-state index contributed by atoms with van der Waals surface area (Å²) < 4.78 is 80.0. The smallest absolute Gasteiger partial charge is 0.395 e. The fourth-order valence-corrected chi connectivity index (χ4v) is 1.65. The highest BCUT2D eigenvalue weighted by Crippen LogP contribution is 2.26. The molecule has 0 saturated carbocycles. The van der Waals surface area contributed by atoms with Gasteiger partial charge in [-0.05, 0) is 0 Å². The Bertz CT molecular complexity index is 288. The van der Waals surface area contributed by atoms with Crippen LogP contribution in [0.3, 0.4) is 0 Å². The fourth-order valence-electron chi connectivity index (χ4n) is 0.721. The zero-order valence-corrected chi connectivity index (χ0v) is 8.02. The molecule has 0 fully saturated rings. The number of sulfonamides is 1. The largest absolute Gasteiger partial charge is 0.511 e. The Labute approximate surface area is 82.3 Å². The number of aliphatic hydroxyl groups is 1. The van der Waals surface area contributed by atoms with E-state index in [2.05, 4.69) is 0 Å². The van der Waals surface area contributed by atoms with Crippen LogP contribution >= 0.6 is 0 Å². The van der Waals surface area contributed by atoms with Crippen molar-refractivity contribution in [3.8, 4) is 0 Å². The van der Waals surface area contributed by atoms with Crippen LogP contribution < -0.4 is 0 Å². The lowest BCUT2D eigenvalue weighted by Gasteiger charge is -2.21. The number of hydrogen-bond donors (Lipinski definition) is 1. The minimum absolute atomic E-state index is 0.502. The van der Waals surface area contributed by atoms with Crippen molar-refractivity contribution in [2.75, 3.05) is 19.7 Å². The molecule has 4 nitrogen and oxygen atoms in total. The molecular weight excluding hydrogens is 249 g/mol. The fraction of sp³-hybridized carbons (Fsp3) is 1.00. The lowest BCUT2D eigenvalue weighted by molar-refractivity contribution is -0.0504. The van der Waals surface area contributed by atoms with Gasteiger partial charge >= 0.3 is 15.5 Å². The average Bonchev–Trinajstić information content (AvgIpc) is 2.00. The molecule has 1 N–H and O–H groups in total. The first-order valence-corrected chi connectivity index (χ1v) is 5.02. The quantitative estimate of drug-likeness (QED) is 0.725. The summed E-state index contributed by atoms with van der Waals surface area (Å²) in [7, 11) is -5.80. The maximum Gasteiger partial charge on any atom is 0.511 e. The molecule has 0 heterocycles. The van der Waals surface area contributed by atoms with Crippen molar-refractivity contribution in [3.63, 3.8) is 0 Å². The molecule has 0 saturated heterocycles. The number of rotatable bonds is 5. The van der Waals surface area contributed by atoms with E-state index in [-0.39, 0.29) is 0 Å². The van der Waals surface area contributed by atoms with Crippen LogP contribution in [0.15, 0.2) is 0 Å². The van der Waals surface area contributed by atoms with Crippen LogP contribution in [0.1, 0.15) is 0 Å². The van der Waals surface area contributed by atoms with Gasteiger partial charge in [-0.1, -0.05) is 0 Å². The zero-order chi connectivity index (χ0) is 12.3. The molecule has 0 bridgehead atoms. The van der Waals surface area contributed by atoms with Gasteiger partial charge in [0.15, 0.2) is 0 Å². The first-order chi connectivity index (χ1) is 6.63. The van der Waals surface area contributed by atoms with Crippen LogP contribution in [-0.2, 0) is 10.0 Å². The van der Waals surface area contributed by atoms with Crippen LogP contribution in [-0.4, -0.2) is 49.5 Å². The second kappa shape index (κ2) is 5.03. The van der Waals surface area contributed by atoms with Crippen molar-refractivity contribution in [2.24, 2.45) is 0 Å². The molecule has 0 aromatic rings. The van der Waals surface area contributed by atoms with Gasteiger partial charge in [0.2, 0.25) is 0 Å². The Hall–Kier alpha value is -0.480. The van der Waals surface area contributed by atoms with Gasteiger partial charge in [-0.25, -0.2) is 17.2 Å². The summed E-state index contributed by atoms with van der Waals surface area (Å²) in [4.78, 5) is 0. The molecular formula is C5H8F5NO3S. The van der Waals surface area contributed by atoms with E-state index in [1.54, 1.807) is 0 Å². The van der Waals surface area contributed by atoms with Crippen molar-refractivity contribution in [2.45, 2.75) is 11.9 Å². The van der Waals surface area contributed by atoms with Gasteiger partial charge < -0.3 is 5.11 Å². The van der Waals surface area contributed by atoms with Gasteiger partial charge in [0.05, 0.1) is 13.2 Å². The third-order valence-corrected chi connectivity index (χ3v) is 2.92. The molecule has 0 unspecified atom stereocenters. The first-order valence-electron chi connectivity index (χ1n) is 3.58. The van der Waals surface area contributed by atoms with E-state index in [4.69, 9.17) is 5.11 Å². The predicted molar refractivity (Wildman–Crippen MR) is 39.6 cm³/mol.